The van der Waals surface area contributed by atoms with Gasteiger partial charge in [0, 0.05) is 24.9 Å². The number of carbonyl (C=O) groups excluding carboxylic acids is 1. The highest BCUT2D eigenvalue weighted by Gasteiger charge is 2.29. The minimum absolute atomic E-state index is 0.240. The van der Waals surface area contributed by atoms with Crippen molar-refractivity contribution < 1.29 is 4.79 Å². The first-order chi connectivity index (χ1) is 5.16. The number of Topliss-reactive ketones (excluding diaryl/α,β-unsaturated/α-hetero) is 1. The summed E-state index contributed by atoms with van der Waals surface area (Å²) in [6.45, 7) is 8.36. The van der Waals surface area contributed by atoms with Crippen LogP contribution >= 0.6 is 0 Å². The molecule has 1 aliphatic heterocycles. The molecule has 1 aliphatic rings. The largest absolute Gasteiger partial charge is 0.300 e. The Morgan fingerprint density at radius 2 is 2.18 bits per heavy atom. The number of likely N-dealkylation sites (tertiary alicyclic amines) is 1. The first-order valence-corrected chi connectivity index (χ1v) is 4.43. The van der Waals surface area contributed by atoms with Crippen LogP contribution in [-0.2, 0) is 4.79 Å². The van der Waals surface area contributed by atoms with Gasteiger partial charge in [0.25, 0.3) is 0 Å². The van der Waals surface area contributed by atoms with Gasteiger partial charge in [0.05, 0.1) is 0 Å². The van der Waals surface area contributed by atoms with Crippen molar-refractivity contribution in [2.45, 2.75) is 33.2 Å². The molecule has 2 atom stereocenters. The van der Waals surface area contributed by atoms with Crippen LogP contribution in [0.3, 0.4) is 0 Å². The van der Waals surface area contributed by atoms with Gasteiger partial charge in [0.15, 0.2) is 0 Å². The quantitative estimate of drug-likeness (QED) is 0.569. The Morgan fingerprint density at radius 1 is 1.55 bits per heavy atom. The molecule has 0 amide bonds. The molecule has 0 bridgehead atoms. The van der Waals surface area contributed by atoms with E-state index in [2.05, 4.69) is 18.7 Å². The van der Waals surface area contributed by atoms with E-state index in [1.165, 1.54) is 0 Å². The summed E-state index contributed by atoms with van der Waals surface area (Å²) < 4.78 is 0. The molecule has 0 radical (unpaired) electrons. The van der Waals surface area contributed by atoms with Gasteiger partial charge in [-0.25, -0.2) is 0 Å². The lowest BCUT2D eigenvalue weighted by Gasteiger charge is -2.35. The molecule has 0 spiro atoms. The van der Waals surface area contributed by atoms with Crippen molar-refractivity contribution in [1.29, 1.82) is 0 Å². The zero-order valence-corrected chi connectivity index (χ0v) is 7.63. The van der Waals surface area contributed by atoms with Crippen LogP contribution < -0.4 is 0 Å². The summed E-state index contributed by atoms with van der Waals surface area (Å²) >= 11 is 0. The Bertz CT molecular complexity index is 156. The van der Waals surface area contributed by atoms with Gasteiger partial charge >= 0.3 is 0 Å². The number of carbonyl (C=O) groups is 1. The number of hydrogen-bond donors (Lipinski definition) is 0. The highest BCUT2D eigenvalue weighted by molar-refractivity contribution is 5.82. The van der Waals surface area contributed by atoms with Crippen LogP contribution in [0.2, 0.25) is 0 Å². The van der Waals surface area contributed by atoms with Crippen molar-refractivity contribution in [3.63, 3.8) is 0 Å². The lowest BCUT2D eigenvalue weighted by molar-refractivity contribution is -0.127. The van der Waals surface area contributed by atoms with Crippen molar-refractivity contribution in [1.82, 2.24) is 4.90 Å². The summed E-state index contributed by atoms with van der Waals surface area (Å²) in [6.07, 6.45) is 0.749. The van der Waals surface area contributed by atoms with Crippen LogP contribution in [0.4, 0.5) is 0 Å². The molecule has 0 aromatic carbocycles. The van der Waals surface area contributed by atoms with E-state index in [0.29, 0.717) is 11.8 Å². The summed E-state index contributed by atoms with van der Waals surface area (Å²) in [5.41, 5.74) is 0. The van der Waals surface area contributed by atoms with Crippen LogP contribution in [-0.4, -0.2) is 29.8 Å². The Hall–Kier alpha value is -0.370. The number of nitrogens with zero attached hydrogens (tertiary/aromatic N) is 1. The molecule has 0 unspecified atom stereocenters. The van der Waals surface area contributed by atoms with E-state index in [1.807, 2.05) is 6.92 Å². The standard InChI is InChI=1S/C9H17NO/c1-4-10-6-5-9(11)7(2)8(10)3/h7-8H,4-6H2,1-3H3/t7-,8-/m0/s1. The van der Waals surface area contributed by atoms with Crippen molar-refractivity contribution in [3.05, 3.63) is 0 Å². The van der Waals surface area contributed by atoms with Gasteiger partial charge in [-0.3, -0.25) is 9.69 Å². The molecule has 0 saturated carbocycles. The maximum atomic E-state index is 11.2. The van der Waals surface area contributed by atoms with Crippen LogP contribution in [0.1, 0.15) is 27.2 Å². The monoisotopic (exact) mass is 155 g/mol. The third kappa shape index (κ3) is 1.62. The topological polar surface area (TPSA) is 20.3 Å². The van der Waals surface area contributed by atoms with Crippen LogP contribution in [0, 0.1) is 5.92 Å². The van der Waals surface area contributed by atoms with Gasteiger partial charge in [0.2, 0.25) is 0 Å². The Kier molecular flexibility index (Phi) is 2.66. The maximum absolute atomic E-state index is 11.2. The van der Waals surface area contributed by atoms with Crippen LogP contribution in [0.5, 0.6) is 0 Å². The van der Waals surface area contributed by atoms with E-state index >= 15 is 0 Å². The number of rotatable bonds is 1. The highest BCUT2D eigenvalue weighted by atomic mass is 16.1. The Labute approximate surface area is 68.6 Å². The van der Waals surface area contributed by atoms with E-state index in [0.717, 1.165) is 19.5 Å². The molecule has 2 heteroatoms. The average Bonchev–Trinajstić information content (AvgIpc) is 2.01. The van der Waals surface area contributed by atoms with Gasteiger partial charge < -0.3 is 0 Å². The number of ketones is 1. The zero-order chi connectivity index (χ0) is 8.43. The van der Waals surface area contributed by atoms with Gasteiger partial charge in [-0.15, -0.1) is 0 Å². The second kappa shape index (κ2) is 3.35. The van der Waals surface area contributed by atoms with Crippen LogP contribution in [0.25, 0.3) is 0 Å². The van der Waals surface area contributed by atoms with Gasteiger partial charge in [-0.2, -0.15) is 0 Å². The van der Waals surface area contributed by atoms with Gasteiger partial charge in [-0.05, 0) is 13.5 Å². The minimum atomic E-state index is 0.240. The minimum Gasteiger partial charge on any atom is -0.300 e. The molecule has 1 fully saturated rings. The Morgan fingerprint density at radius 3 is 2.73 bits per heavy atom. The smallest absolute Gasteiger partial charge is 0.138 e. The van der Waals surface area contributed by atoms with Gasteiger partial charge in [-0.1, -0.05) is 13.8 Å². The number of piperidine rings is 1. The summed E-state index contributed by atoms with van der Waals surface area (Å²) in [5.74, 6) is 0.672. The summed E-state index contributed by atoms with van der Waals surface area (Å²) in [6, 6.07) is 0.446. The molecule has 11 heavy (non-hydrogen) atoms. The Balaban J connectivity index is 2.59. The van der Waals surface area contributed by atoms with Crippen molar-refractivity contribution in [2.24, 2.45) is 5.92 Å². The summed E-state index contributed by atoms with van der Waals surface area (Å²) in [7, 11) is 0. The van der Waals surface area contributed by atoms with E-state index in [1.54, 1.807) is 0 Å². The molecule has 0 N–H and O–H groups in total. The second-order valence-corrected chi connectivity index (χ2v) is 3.37. The molecule has 0 aromatic rings. The van der Waals surface area contributed by atoms with E-state index in [4.69, 9.17) is 0 Å². The normalized spacial score (nSPS) is 34.3. The average molecular weight is 155 g/mol. The van der Waals surface area contributed by atoms with E-state index in [-0.39, 0.29) is 5.92 Å². The lowest BCUT2D eigenvalue weighted by Crippen LogP contribution is -2.46. The first-order valence-electron chi connectivity index (χ1n) is 4.43. The fraction of sp³-hybridized carbons (Fsp3) is 0.889. The molecule has 1 rings (SSSR count). The van der Waals surface area contributed by atoms with Gasteiger partial charge in [0.1, 0.15) is 5.78 Å². The molecule has 1 saturated heterocycles. The highest BCUT2D eigenvalue weighted by Crippen LogP contribution is 2.19. The maximum Gasteiger partial charge on any atom is 0.138 e. The molecule has 64 valence electrons. The predicted octanol–water partition coefficient (Wildman–Crippen LogP) is 1.31. The van der Waals surface area contributed by atoms with Crippen molar-refractivity contribution in [3.8, 4) is 0 Å². The van der Waals surface area contributed by atoms with Crippen molar-refractivity contribution in [2.75, 3.05) is 13.1 Å². The third-order valence-corrected chi connectivity index (χ3v) is 2.86. The SMILES string of the molecule is CCN1CCC(=O)[C@@H](C)[C@@H]1C. The zero-order valence-electron chi connectivity index (χ0n) is 7.63. The second-order valence-electron chi connectivity index (χ2n) is 3.37. The fourth-order valence-electron chi connectivity index (χ4n) is 1.72. The third-order valence-electron chi connectivity index (χ3n) is 2.86. The lowest BCUT2D eigenvalue weighted by atomic mass is 9.91. The van der Waals surface area contributed by atoms with Crippen LogP contribution in [0.15, 0.2) is 0 Å². The first kappa shape index (κ1) is 8.72. The van der Waals surface area contributed by atoms with E-state index < -0.39 is 0 Å². The summed E-state index contributed by atoms with van der Waals surface area (Å²) in [5, 5.41) is 0. The molecule has 0 aliphatic carbocycles. The predicted molar refractivity (Wildman–Crippen MR) is 45.5 cm³/mol. The van der Waals surface area contributed by atoms with E-state index in [9.17, 15) is 4.79 Å². The molecular formula is C9H17NO. The molecule has 1 heterocycles. The molecular weight excluding hydrogens is 138 g/mol. The molecule has 0 aromatic heterocycles. The summed E-state index contributed by atoms with van der Waals surface area (Å²) in [4.78, 5) is 13.6. The van der Waals surface area contributed by atoms with Crippen molar-refractivity contribution >= 4 is 5.78 Å². The molecule has 2 nitrogen and oxygen atoms in total. The fourth-order valence-corrected chi connectivity index (χ4v) is 1.72. The number of hydrogen-bond acceptors (Lipinski definition) is 2.